The van der Waals surface area contributed by atoms with Gasteiger partial charge in [0.15, 0.2) is 0 Å². The van der Waals surface area contributed by atoms with Gasteiger partial charge in [0.1, 0.15) is 12.6 Å². The van der Waals surface area contributed by atoms with E-state index in [2.05, 4.69) is 20.8 Å². The molecule has 0 radical (unpaired) electrons. The van der Waals surface area contributed by atoms with Crippen LogP contribution in [0.2, 0.25) is 0 Å². The van der Waals surface area contributed by atoms with E-state index in [-0.39, 0.29) is 11.6 Å². The molecule has 0 aromatic heterocycles. The summed E-state index contributed by atoms with van der Waals surface area (Å²) in [6, 6.07) is 0. The molecule has 2 N–H and O–H groups in total. The van der Waals surface area contributed by atoms with Gasteiger partial charge < -0.3 is 15.1 Å². The Labute approximate surface area is 82.3 Å². The van der Waals surface area contributed by atoms with Crippen molar-refractivity contribution in [1.29, 1.82) is 0 Å². The summed E-state index contributed by atoms with van der Waals surface area (Å²) < 4.78 is 1.05. The third kappa shape index (κ3) is 4.60. The largest absolute Gasteiger partial charge is 0.870 e. The molecule has 13 heavy (non-hydrogen) atoms. The van der Waals surface area contributed by atoms with E-state index in [0.717, 1.165) is 37.1 Å². The number of hydrogen-bond donors (Lipinski definition) is 1. The van der Waals surface area contributed by atoms with E-state index in [0.29, 0.717) is 0 Å². The summed E-state index contributed by atoms with van der Waals surface area (Å²) in [5, 5.41) is 9.57. The monoisotopic (exact) mass is 191 g/mol. The van der Waals surface area contributed by atoms with E-state index in [1.807, 2.05) is 6.92 Å². The molecule has 0 aliphatic rings. The zero-order chi connectivity index (χ0) is 9.61. The van der Waals surface area contributed by atoms with Gasteiger partial charge in [0.2, 0.25) is 0 Å². The van der Waals surface area contributed by atoms with Crippen molar-refractivity contribution in [2.45, 2.75) is 40.2 Å². The lowest BCUT2D eigenvalue weighted by molar-refractivity contribution is -0.926. The highest BCUT2D eigenvalue weighted by Gasteiger charge is 2.23. The van der Waals surface area contributed by atoms with Crippen LogP contribution in [0.25, 0.3) is 0 Å². The summed E-state index contributed by atoms with van der Waals surface area (Å²) in [4.78, 5) is 0. The van der Waals surface area contributed by atoms with Crippen LogP contribution in [0.4, 0.5) is 0 Å². The normalized spacial score (nSPS) is 13.6. The first kappa shape index (κ1) is 15.4. The Hall–Kier alpha value is -0.120. The summed E-state index contributed by atoms with van der Waals surface area (Å²) in [5.41, 5.74) is 0. The van der Waals surface area contributed by atoms with Crippen molar-refractivity contribution in [3.05, 3.63) is 0 Å². The van der Waals surface area contributed by atoms with E-state index in [4.69, 9.17) is 0 Å². The fourth-order valence-electron chi connectivity index (χ4n) is 1.63. The smallest absolute Gasteiger partial charge is 0.105 e. The average Bonchev–Trinajstić information content (AvgIpc) is 2.14. The van der Waals surface area contributed by atoms with Crippen molar-refractivity contribution in [2.24, 2.45) is 0 Å². The first-order valence-corrected chi connectivity index (χ1v) is 5.17. The molecule has 1 unspecified atom stereocenters. The van der Waals surface area contributed by atoms with Crippen LogP contribution in [0.5, 0.6) is 0 Å². The molecule has 82 valence electrons. The Morgan fingerprint density at radius 2 is 1.38 bits per heavy atom. The first-order valence-electron chi connectivity index (χ1n) is 5.17. The summed E-state index contributed by atoms with van der Waals surface area (Å²) in [5.74, 6) is 0. The quantitative estimate of drug-likeness (QED) is 0.646. The molecule has 0 aliphatic heterocycles. The Morgan fingerprint density at radius 1 is 1.00 bits per heavy atom. The number of rotatable bonds is 6. The van der Waals surface area contributed by atoms with Gasteiger partial charge >= 0.3 is 0 Å². The second-order valence-corrected chi connectivity index (χ2v) is 3.53. The Kier molecular flexibility index (Phi) is 8.62. The van der Waals surface area contributed by atoms with Crippen molar-refractivity contribution < 1.29 is 15.1 Å². The number of quaternary nitrogens is 1. The van der Waals surface area contributed by atoms with Gasteiger partial charge in [0.05, 0.1) is 19.6 Å². The van der Waals surface area contributed by atoms with E-state index >= 15 is 0 Å². The minimum atomic E-state index is -0.121. The summed E-state index contributed by atoms with van der Waals surface area (Å²) >= 11 is 0. The van der Waals surface area contributed by atoms with E-state index in [1.165, 1.54) is 0 Å². The number of nitrogens with zero attached hydrogens (tertiary/aromatic N) is 1. The third-order valence-corrected chi connectivity index (χ3v) is 3.08. The van der Waals surface area contributed by atoms with Crippen LogP contribution in [0.3, 0.4) is 0 Å². The Morgan fingerprint density at radius 3 is 1.62 bits per heavy atom. The number of hydrogen-bond acceptors (Lipinski definition) is 2. The molecule has 0 saturated carbocycles. The van der Waals surface area contributed by atoms with Gasteiger partial charge in [-0.2, -0.15) is 0 Å². The number of likely N-dealkylation sites (N-methyl/N-ethyl adjacent to an activating group) is 1. The lowest BCUT2D eigenvalue weighted by atomic mass is 10.2. The molecule has 0 rings (SSSR count). The molecule has 0 heterocycles. The van der Waals surface area contributed by atoms with E-state index in [1.54, 1.807) is 0 Å². The molecule has 0 bridgehead atoms. The van der Waals surface area contributed by atoms with Gasteiger partial charge in [-0.3, -0.25) is 0 Å². The molecule has 0 fully saturated rings. The molecule has 0 aromatic rings. The lowest BCUT2D eigenvalue weighted by Crippen LogP contribution is -2.51. The van der Waals surface area contributed by atoms with Crippen molar-refractivity contribution in [3.8, 4) is 0 Å². The van der Waals surface area contributed by atoms with Crippen molar-refractivity contribution in [3.63, 3.8) is 0 Å². The highest BCUT2D eigenvalue weighted by atomic mass is 16.3. The van der Waals surface area contributed by atoms with Crippen molar-refractivity contribution in [1.82, 2.24) is 0 Å². The maximum Gasteiger partial charge on any atom is 0.105 e. The maximum absolute atomic E-state index is 9.57. The van der Waals surface area contributed by atoms with E-state index in [9.17, 15) is 5.11 Å². The topological polar surface area (TPSA) is 50.2 Å². The molecule has 3 heteroatoms. The summed E-state index contributed by atoms with van der Waals surface area (Å²) in [6.07, 6.45) is 0.754. The number of aliphatic hydroxyl groups is 1. The molecular formula is C10H25NO2. The first-order chi connectivity index (χ1) is 5.64. The average molecular weight is 191 g/mol. The van der Waals surface area contributed by atoms with Gasteiger partial charge in [0, 0.05) is 0 Å². The van der Waals surface area contributed by atoms with Crippen LogP contribution in [-0.2, 0) is 0 Å². The molecule has 1 atom stereocenters. The minimum Gasteiger partial charge on any atom is -0.870 e. The predicted octanol–water partition coefficient (Wildman–Crippen LogP) is 1.46. The summed E-state index contributed by atoms with van der Waals surface area (Å²) in [7, 11) is 0. The van der Waals surface area contributed by atoms with Crippen LogP contribution in [0.1, 0.15) is 34.1 Å². The minimum absolute atomic E-state index is 0. The van der Waals surface area contributed by atoms with Crippen molar-refractivity contribution in [2.75, 3.05) is 26.2 Å². The highest BCUT2D eigenvalue weighted by molar-refractivity contribution is 4.51. The van der Waals surface area contributed by atoms with Crippen molar-refractivity contribution >= 4 is 0 Å². The lowest BCUT2D eigenvalue weighted by Gasteiger charge is -2.37. The molecule has 0 spiro atoms. The van der Waals surface area contributed by atoms with Gasteiger partial charge in [-0.1, -0.05) is 6.92 Å². The second kappa shape index (κ2) is 7.30. The highest BCUT2D eigenvalue weighted by Crippen LogP contribution is 2.08. The fraction of sp³-hybridized carbons (Fsp3) is 1.00. The van der Waals surface area contributed by atoms with Gasteiger partial charge in [-0.05, 0) is 27.2 Å². The molecule has 0 aliphatic carbocycles. The molecule has 0 aromatic carbocycles. The second-order valence-electron chi connectivity index (χ2n) is 3.53. The fourth-order valence-corrected chi connectivity index (χ4v) is 1.63. The molecule has 0 amide bonds. The van der Waals surface area contributed by atoms with Gasteiger partial charge in [-0.25, -0.2) is 0 Å². The van der Waals surface area contributed by atoms with Crippen LogP contribution in [0.15, 0.2) is 0 Å². The SMILES string of the molecule is CCC(O)C[N+](CC)(CC)CC.[OH-]. The summed E-state index contributed by atoms with van der Waals surface area (Å²) in [6.45, 7) is 13.0. The van der Waals surface area contributed by atoms with Crippen LogP contribution in [0, 0.1) is 0 Å². The predicted molar refractivity (Wildman–Crippen MR) is 55.0 cm³/mol. The zero-order valence-corrected chi connectivity index (χ0v) is 9.45. The maximum atomic E-state index is 9.57. The van der Waals surface area contributed by atoms with Gasteiger partial charge in [-0.15, -0.1) is 0 Å². The third-order valence-electron chi connectivity index (χ3n) is 3.08. The standard InChI is InChI=1S/C10H24NO.H2O/c1-5-10(12)9-11(6-2,7-3)8-4;/h10,12H,5-9H2,1-4H3;1H2/q+1;/p-1. The van der Waals surface area contributed by atoms with Crippen LogP contribution < -0.4 is 0 Å². The number of aliphatic hydroxyl groups excluding tert-OH is 1. The van der Waals surface area contributed by atoms with E-state index < -0.39 is 0 Å². The van der Waals surface area contributed by atoms with Gasteiger partial charge in [0.25, 0.3) is 0 Å². The molecule has 0 saturated heterocycles. The Bertz CT molecular complexity index is 105. The van der Waals surface area contributed by atoms with Crippen LogP contribution in [-0.4, -0.2) is 47.3 Å². The van der Waals surface area contributed by atoms with Crippen LogP contribution >= 0.6 is 0 Å². The molecular weight excluding hydrogens is 166 g/mol. The zero-order valence-electron chi connectivity index (χ0n) is 9.45. The molecule has 3 nitrogen and oxygen atoms in total. The Balaban J connectivity index is 0.